The van der Waals surface area contributed by atoms with E-state index < -0.39 is 0 Å². The molecule has 0 saturated heterocycles. The lowest BCUT2D eigenvalue weighted by atomic mass is 9.46. The minimum Gasteiger partial charge on any atom is -0.462 e. The molecule has 3 nitrogen and oxygen atoms in total. The second-order valence-corrected chi connectivity index (χ2v) is 9.35. The van der Waals surface area contributed by atoms with Crippen LogP contribution < -0.4 is 0 Å². The fourth-order valence-electron chi connectivity index (χ4n) is 6.91. The Kier molecular flexibility index (Phi) is 3.79. The molecule has 0 aromatic carbocycles. The fraction of sp³-hybridized carbons (Fsp3) is 0.727. The smallest absolute Gasteiger partial charge is 0.302 e. The van der Waals surface area contributed by atoms with Gasteiger partial charge in [0.1, 0.15) is 6.10 Å². The Balaban J connectivity index is 1.67. The van der Waals surface area contributed by atoms with E-state index in [1.807, 2.05) is 6.08 Å². The molecule has 136 valence electrons. The van der Waals surface area contributed by atoms with Crippen LogP contribution in [0.3, 0.4) is 0 Å². The third kappa shape index (κ3) is 2.38. The zero-order valence-corrected chi connectivity index (χ0v) is 15.8. The number of carbonyl (C=O) groups is 2. The van der Waals surface area contributed by atoms with Gasteiger partial charge in [0, 0.05) is 18.8 Å². The summed E-state index contributed by atoms with van der Waals surface area (Å²) < 4.78 is 5.72. The van der Waals surface area contributed by atoms with Gasteiger partial charge in [0.05, 0.1) is 0 Å². The van der Waals surface area contributed by atoms with Crippen LogP contribution in [0.1, 0.15) is 65.7 Å². The van der Waals surface area contributed by atoms with E-state index in [0.29, 0.717) is 24.2 Å². The van der Waals surface area contributed by atoms with Crippen molar-refractivity contribution in [2.75, 3.05) is 0 Å². The number of ether oxygens (including phenoxy) is 1. The van der Waals surface area contributed by atoms with Crippen LogP contribution >= 0.6 is 0 Å². The molecule has 4 aliphatic rings. The molecule has 3 heteroatoms. The first-order valence-electron chi connectivity index (χ1n) is 9.86. The van der Waals surface area contributed by atoms with Crippen LogP contribution in [0.15, 0.2) is 23.8 Å². The first kappa shape index (κ1) is 17.1. The van der Waals surface area contributed by atoms with E-state index in [0.717, 1.165) is 32.1 Å². The second-order valence-electron chi connectivity index (χ2n) is 9.35. The molecule has 6 unspecified atom stereocenters. The van der Waals surface area contributed by atoms with E-state index in [1.54, 1.807) is 0 Å². The van der Waals surface area contributed by atoms with Crippen molar-refractivity contribution in [3.8, 4) is 0 Å². The number of hydrogen-bond acceptors (Lipinski definition) is 3. The van der Waals surface area contributed by atoms with Gasteiger partial charge >= 0.3 is 5.97 Å². The standard InChI is InChI=1S/C22H30O3/c1-13-11-16-17-5-6-20(25-14(2)23)22(17,4)10-8-18(16)21(3)9-7-15(24)12-19(13)21/h12,16-18,20H,1,5-11H2,2-4H3. The summed E-state index contributed by atoms with van der Waals surface area (Å²) >= 11 is 0. The number of hydrogen-bond donors (Lipinski definition) is 0. The predicted molar refractivity (Wildman–Crippen MR) is 96.8 cm³/mol. The third-order valence-electron chi connectivity index (χ3n) is 8.15. The highest BCUT2D eigenvalue weighted by atomic mass is 16.5. The maximum Gasteiger partial charge on any atom is 0.302 e. The lowest BCUT2D eigenvalue weighted by Gasteiger charge is -2.58. The molecule has 0 aromatic heterocycles. The molecule has 0 N–H and O–H groups in total. The molecule has 0 aromatic rings. The van der Waals surface area contributed by atoms with Crippen LogP contribution in [0.4, 0.5) is 0 Å². The molecule has 0 aliphatic heterocycles. The molecule has 3 fully saturated rings. The van der Waals surface area contributed by atoms with Gasteiger partial charge in [-0.05, 0) is 73.3 Å². The Bertz CT molecular complexity index is 675. The van der Waals surface area contributed by atoms with Crippen molar-refractivity contribution in [3.05, 3.63) is 23.8 Å². The number of allylic oxidation sites excluding steroid dienone is 2. The minimum atomic E-state index is -0.148. The quantitative estimate of drug-likeness (QED) is 0.653. The molecule has 0 bridgehead atoms. The Labute approximate surface area is 150 Å². The number of rotatable bonds is 1. The summed E-state index contributed by atoms with van der Waals surface area (Å²) in [4.78, 5) is 23.5. The first-order chi connectivity index (χ1) is 11.8. The summed E-state index contributed by atoms with van der Waals surface area (Å²) in [5.41, 5.74) is 2.63. The lowest BCUT2D eigenvalue weighted by Crippen LogP contribution is -2.52. The number of esters is 1. The van der Waals surface area contributed by atoms with Gasteiger partial charge in [-0.15, -0.1) is 0 Å². The van der Waals surface area contributed by atoms with E-state index >= 15 is 0 Å². The second kappa shape index (κ2) is 5.56. The highest BCUT2D eigenvalue weighted by molar-refractivity contribution is 5.92. The monoisotopic (exact) mass is 342 g/mol. The van der Waals surface area contributed by atoms with Crippen molar-refractivity contribution >= 4 is 11.8 Å². The molecule has 6 atom stereocenters. The van der Waals surface area contributed by atoms with Crippen molar-refractivity contribution in [1.29, 1.82) is 0 Å². The summed E-state index contributed by atoms with van der Waals surface area (Å²) in [6.45, 7) is 10.6. The van der Waals surface area contributed by atoms with E-state index in [1.165, 1.54) is 24.5 Å². The zero-order valence-electron chi connectivity index (χ0n) is 15.8. The summed E-state index contributed by atoms with van der Waals surface area (Å²) in [5.74, 6) is 1.96. The maximum atomic E-state index is 12.0. The van der Waals surface area contributed by atoms with Crippen molar-refractivity contribution < 1.29 is 14.3 Å². The Morgan fingerprint density at radius 3 is 2.68 bits per heavy atom. The van der Waals surface area contributed by atoms with Crippen LogP contribution in [0.2, 0.25) is 0 Å². The van der Waals surface area contributed by atoms with Crippen LogP contribution in [0, 0.1) is 28.6 Å². The molecule has 0 amide bonds. The molecule has 25 heavy (non-hydrogen) atoms. The van der Waals surface area contributed by atoms with E-state index in [9.17, 15) is 9.59 Å². The topological polar surface area (TPSA) is 43.4 Å². The highest BCUT2D eigenvalue weighted by Crippen LogP contribution is 2.66. The molecule has 3 saturated carbocycles. The van der Waals surface area contributed by atoms with Gasteiger partial charge in [0.15, 0.2) is 5.78 Å². The van der Waals surface area contributed by atoms with Gasteiger partial charge in [-0.25, -0.2) is 0 Å². The van der Waals surface area contributed by atoms with Crippen molar-refractivity contribution in [2.45, 2.75) is 71.8 Å². The summed E-state index contributed by atoms with van der Waals surface area (Å²) in [6.07, 6.45) is 9.06. The average molecular weight is 342 g/mol. The fourth-order valence-corrected chi connectivity index (χ4v) is 6.91. The first-order valence-corrected chi connectivity index (χ1v) is 9.86. The minimum absolute atomic E-state index is 0.0712. The average Bonchev–Trinajstić information content (AvgIpc) is 2.86. The van der Waals surface area contributed by atoms with Crippen molar-refractivity contribution in [3.63, 3.8) is 0 Å². The summed E-state index contributed by atoms with van der Waals surface area (Å²) in [5, 5.41) is 0. The molecular weight excluding hydrogens is 312 g/mol. The van der Waals surface area contributed by atoms with Crippen LogP contribution in [0.5, 0.6) is 0 Å². The number of fused-ring (bicyclic) bond motifs is 5. The van der Waals surface area contributed by atoms with E-state index in [-0.39, 0.29) is 28.7 Å². The Morgan fingerprint density at radius 2 is 1.96 bits per heavy atom. The Hall–Kier alpha value is -1.38. The van der Waals surface area contributed by atoms with Crippen molar-refractivity contribution in [2.24, 2.45) is 28.6 Å². The number of carbonyl (C=O) groups excluding carboxylic acids is 2. The molecule has 0 radical (unpaired) electrons. The largest absolute Gasteiger partial charge is 0.462 e. The van der Waals surface area contributed by atoms with Gasteiger partial charge in [-0.3, -0.25) is 9.59 Å². The summed E-state index contributed by atoms with van der Waals surface area (Å²) in [6, 6.07) is 0. The molecule has 4 rings (SSSR count). The molecule has 0 spiro atoms. The van der Waals surface area contributed by atoms with Gasteiger partial charge in [-0.2, -0.15) is 0 Å². The molecule has 0 heterocycles. The summed E-state index contributed by atoms with van der Waals surface area (Å²) in [7, 11) is 0. The normalized spacial score (nSPS) is 46.0. The van der Waals surface area contributed by atoms with Gasteiger partial charge in [0.2, 0.25) is 0 Å². The number of ketones is 1. The van der Waals surface area contributed by atoms with Crippen molar-refractivity contribution in [1.82, 2.24) is 0 Å². The predicted octanol–water partition coefficient (Wildman–Crippen LogP) is 4.62. The van der Waals surface area contributed by atoms with E-state index in [2.05, 4.69) is 20.4 Å². The van der Waals surface area contributed by atoms with Crippen LogP contribution in [-0.2, 0) is 14.3 Å². The molecule has 4 aliphatic carbocycles. The molecular formula is C22H30O3. The van der Waals surface area contributed by atoms with Crippen LogP contribution in [0.25, 0.3) is 0 Å². The van der Waals surface area contributed by atoms with Crippen LogP contribution in [-0.4, -0.2) is 17.9 Å². The SMILES string of the molecule is C=C1CC2C(CCC3(C)C(OC(C)=O)CCC23)C2(C)CCC(=O)C=C12. The van der Waals surface area contributed by atoms with Gasteiger partial charge < -0.3 is 4.74 Å². The lowest BCUT2D eigenvalue weighted by molar-refractivity contribution is -0.156. The van der Waals surface area contributed by atoms with E-state index in [4.69, 9.17) is 4.74 Å². The maximum absolute atomic E-state index is 12.0. The highest BCUT2D eigenvalue weighted by Gasteiger charge is 2.60. The third-order valence-corrected chi connectivity index (χ3v) is 8.15. The van der Waals surface area contributed by atoms with Gasteiger partial charge in [-0.1, -0.05) is 26.0 Å². The van der Waals surface area contributed by atoms with Gasteiger partial charge in [0.25, 0.3) is 0 Å². The zero-order chi connectivity index (χ0) is 18.0. The Morgan fingerprint density at radius 1 is 1.20 bits per heavy atom.